The Bertz CT molecular complexity index is 510. The molecule has 1 heterocycles. The first-order valence-corrected chi connectivity index (χ1v) is 5.87. The van der Waals surface area contributed by atoms with Gasteiger partial charge in [0.25, 0.3) is 0 Å². The van der Waals surface area contributed by atoms with Crippen molar-refractivity contribution in [3.05, 3.63) is 72.3 Å². The van der Waals surface area contributed by atoms with Gasteiger partial charge in [0.15, 0.2) is 0 Å². The molecule has 3 heteroatoms. The minimum atomic E-state index is 0.0776. The molecule has 0 radical (unpaired) electrons. The number of rotatable bonds is 5. The van der Waals surface area contributed by atoms with E-state index in [0.29, 0.717) is 0 Å². The molecule has 0 bridgehead atoms. The molecular weight excluding hydrogens is 224 g/mol. The van der Waals surface area contributed by atoms with E-state index in [1.807, 2.05) is 35.3 Å². The number of nitrogens with zero attached hydrogens (tertiary/aromatic N) is 2. The number of hydrogen-bond acceptors (Lipinski definition) is 2. The van der Waals surface area contributed by atoms with E-state index in [0.717, 1.165) is 12.1 Å². The zero-order valence-electron chi connectivity index (χ0n) is 10.1. The highest BCUT2D eigenvalue weighted by atomic mass is 16.2. The summed E-state index contributed by atoms with van der Waals surface area (Å²) in [6.07, 6.45) is 13.0. The fourth-order valence-electron chi connectivity index (χ4n) is 1.63. The molecule has 18 heavy (non-hydrogen) atoms. The van der Waals surface area contributed by atoms with Gasteiger partial charge < -0.3 is 9.67 Å². The van der Waals surface area contributed by atoms with E-state index in [2.05, 4.69) is 29.2 Å². The van der Waals surface area contributed by atoms with Crippen LogP contribution in [0.4, 0.5) is 0 Å². The average Bonchev–Trinajstić information content (AvgIpc) is 2.89. The van der Waals surface area contributed by atoms with Crippen LogP contribution in [0.25, 0.3) is 6.08 Å². The maximum absolute atomic E-state index is 8.59. The number of hydrogen-bond donors (Lipinski definition) is 1. The van der Waals surface area contributed by atoms with Crippen molar-refractivity contribution in [3.63, 3.8) is 0 Å². The van der Waals surface area contributed by atoms with Crippen LogP contribution in [0.1, 0.15) is 11.1 Å². The second kappa shape index (κ2) is 6.57. The quantitative estimate of drug-likeness (QED) is 0.815. The van der Waals surface area contributed by atoms with E-state index in [1.165, 1.54) is 5.56 Å². The number of allylic oxidation sites excluding steroid dienone is 2. The fourth-order valence-corrected chi connectivity index (χ4v) is 1.63. The molecule has 1 N–H and O–H groups in total. The van der Waals surface area contributed by atoms with Gasteiger partial charge in [-0.05, 0) is 11.1 Å². The van der Waals surface area contributed by atoms with E-state index in [4.69, 9.17) is 5.11 Å². The molecule has 0 fully saturated rings. The second-order valence-corrected chi connectivity index (χ2v) is 3.95. The molecule has 2 aromatic rings. The van der Waals surface area contributed by atoms with Gasteiger partial charge in [0.2, 0.25) is 0 Å². The molecule has 0 spiro atoms. The second-order valence-electron chi connectivity index (χ2n) is 3.95. The maximum Gasteiger partial charge on any atom is 0.0949 e. The Morgan fingerprint density at radius 1 is 1.17 bits per heavy atom. The van der Waals surface area contributed by atoms with Crippen molar-refractivity contribution in [1.82, 2.24) is 9.55 Å². The van der Waals surface area contributed by atoms with Crippen molar-refractivity contribution < 1.29 is 5.11 Å². The van der Waals surface area contributed by atoms with Crippen LogP contribution in [-0.4, -0.2) is 21.3 Å². The normalized spacial score (nSPS) is 11.6. The first-order chi connectivity index (χ1) is 8.88. The lowest BCUT2D eigenvalue weighted by Gasteiger charge is -2.02. The van der Waals surface area contributed by atoms with Crippen LogP contribution in [0.5, 0.6) is 0 Å². The lowest BCUT2D eigenvalue weighted by molar-refractivity contribution is 0.343. The van der Waals surface area contributed by atoms with Crippen LogP contribution in [0, 0.1) is 0 Å². The Morgan fingerprint density at radius 2 is 2.00 bits per heavy atom. The van der Waals surface area contributed by atoms with E-state index >= 15 is 0 Å². The molecule has 1 aromatic heterocycles. The first kappa shape index (κ1) is 12.3. The number of aromatic nitrogens is 2. The Kier molecular flexibility index (Phi) is 4.50. The van der Waals surface area contributed by atoms with Crippen molar-refractivity contribution in [3.8, 4) is 0 Å². The molecule has 0 atom stereocenters. The van der Waals surface area contributed by atoms with Gasteiger partial charge in [-0.15, -0.1) is 0 Å². The third-order valence-electron chi connectivity index (χ3n) is 2.55. The molecule has 0 aliphatic rings. The minimum Gasteiger partial charge on any atom is -0.392 e. The third kappa shape index (κ3) is 3.71. The highest BCUT2D eigenvalue weighted by Gasteiger charge is 1.94. The number of aliphatic hydroxyl groups is 1. The highest BCUT2D eigenvalue weighted by molar-refractivity contribution is 5.51. The van der Waals surface area contributed by atoms with Crippen LogP contribution in [0.3, 0.4) is 0 Å². The number of benzene rings is 1. The zero-order chi connectivity index (χ0) is 12.6. The van der Waals surface area contributed by atoms with Gasteiger partial charge in [0, 0.05) is 18.9 Å². The summed E-state index contributed by atoms with van der Waals surface area (Å²) in [5.41, 5.74) is 2.39. The zero-order valence-corrected chi connectivity index (χ0v) is 10.1. The minimum absolute atomic E-state index is 0.0776. The predicted octanol–water partition coefficient (Wildman–Crippen LogP) is 2.49. The van der Waals surface area contributed by atoms with Crippen LogP contribution < -0.4 is 0 Å². The van der Waals surface area contributed by atoms with Crippen LogP contribution >= 0.6 is 0 Å². The third-order valence-corrected chi connectivity index (χ3v) is 2.55. The molecule has 0 amide bonds. The van der Waals surface area contributed by atoms with Gasteiger partial charge in [-0.1, -0.05) is 48.6 Å². The summed E-state index contributed by atoms with van der Waals surface area (Å²) in [7, 11) is 0. The SMILES string of the molecule is OC/C=C/C=Cc1ccc(Cn2ccnc2)cc1. The average molecular weight is 240 g/mol. The van der Waals surface area contributed by atoms with Gasteiger partial charge in [0.05, 0.1) is 12.9 Å². The Morgan fingerprint density at radius 3 is 2.67 bits per heavy atom. The molecule has 0 unspecified atom stereocenters. The Balaban J connectivity index is 1.97. The summed E-state index contributed by atoms with van der Waals surface area (Å²) in [6, 6.07) is 8.37. The lowest BCUT2D eigenvalue weighted by atomic mass is 10.1. The van der Waals surface area contributed by atoms with E-state index in [9.17, 15) is 0 Å². The molecule has 1 aromatic carbocycles. The summed E-state index contributed by atoms with van der Waals surface area (Å²) >= 11 is 0. The molecule has 0 saturated carbocycles. The monoisotopic (exact) mass is 240 g/mol. The maximum atomic E-state index is 8.59. The van der Waals surface area contributed by atoms with Gasteiger partial charge in [0.1, 0.15) is 0 Å². The van der Waals surface area contributed by atoms with Gasteiger partial charge in [-0.3, -0.25) is 0 Å². The molecule has 0 aliphatic heterocycles. The fraction of sp³-hybridized carbons (Fsp3) is 0.133. The van der Waals surface area contributed by atoms with Crippen molar-refractivity contribution in [2.75, 3.05) is 6.61 Å². The Hall–Kier alpha value is -2.13. The van der Waals surface area contributed by atoms with Crippen molar-refractivity contribution in [2.45, 2.75) is 6.54 Å². The molecule has 0 aliphatic carbocycles. The van der Waals surface area contributed by atoms with Crippen molar-refractivity contribution in [1.29, 1.82) is 0 Å². The smallest absolute Gasteiger partial charge is 0.0949 e. The molecular formula is C15H16N2O. The molecule has 3 nitrogen and oxygen atoms in total. The standard InChI is InChI=1S/C15H16N2O/c18-11-3-1-2-4-14-5-7-15(8-6-14)12-17-10-9-16-13-17/h1-10,13,18H,11-12H2/b3-1+,4-2?. The molecule has 92 valence electrons. The van der Waals surface area contributed by atoms with Crippen LogP contribution in [0.15, 0.2) is 61.2 Å². The van der Waals surface area contributed by atoms with Crippen LogP contribution in [0.2, 0.25) is 0 Å². The summed E-state index contributed by atoms with van der Waals surface area (Å²) in [5.74, 6) is 0. The van der Waals surface area contributed by atoms with Crippen molar-refractivity contribution in [2.24, 2.45) is 0 Å². The number of aliphatic hydroxyl groups excluding tert-OH is 1. The Labute approximate surface area is 107 Å². The molecule has 0 saturated heterocycles. The largest absolute Gasteiger partial charge is 0.392 e. The van der Waals surface area contributed by atoms with Gasteiger partial charge in [-0.25, -0.2) is 4.98 Å². The summed E-state index contributed by atoms with van der Waals surface area (Å²) in [5, 5.41) is 8.59. The van der Waals surface area contributed by atoms with E-state index in [-0.39, 0.29) is 6.61 Å². The number of imidazole rings is 1. The van der Waals surface area contributed by atoms with Gasteiger partial charge in [-0.2, -0.15) is 0 Å². The summed E-state index contributed by atoms with van der Waals surface area (Å²) in [6.45, 7) is 0.919. The topological polar surface area (TPSA) is 38.0 Å². The van der Waals surface area contributed by atoms with Crippen molar-refractivity contribution >= 4 is 6.08 Å². The van der Waals surface area contributed by atoms with E-state index < -0.39 is 0 Å². The highest BCUT2D eigenvalue weighted by Crippen LogP contribution is 2.08. The lowest BCUT2D eigenvalue weighted by Crippen LogP contribution is -1.95. The van der Waals surface area contributed by atoms with E-state index in [1.54, 1.807) is 12.3 Å². The summed E-state index contributed by atoms with van der Waals surface area (Å²) < 4.78 is 2.04. The first-order valence-electron chi connectivity index (χ1n) is 5.87. The molecule has 2 rings (SSSR count). The van der Waals surface area contributed by atoms with Crippen LogP contribution in [-0.2, 0) is 6.54 Å². The van der Waals surface area contributed by atoms with Gasteiger partial charge >= 0.3 is 0 Å². The predicted molar refractivity (Wildman–Crippen MR) is 73.0 cm³/mol. The summed E-state index contributed by atoms with van der Waals surface area (Å²) in [4.78, 5) is 4.02.